The Morgan fingerprint density at radius 1 is 1.35 bits per heavy atom. The molecule has 2 aromatic rings. The van der Waals surface area contributed by atoms with Crippen molar-refractivity contribution in [1.29, 1.82) is 0 Å². The predicted octanol–water partition coefficient (Wildman–Crippen LogP) is 4.15. The second-order valence-electron chi connectivity index (χ2n) is 4.58. The largest absolute Gasteiger partial charge is 0.487 e. The van der Waals surface area contributed by atoms with Crippen molar-refractivity contribution in [3.63, 3.8) is 0 Å². The first-order valence-corrected chi connectivity index (χ1v) is 7.07. The molecule has 0 N–H and O–H groups in total. The Balaban J connectivity index is 2.20. The zero-order valence-electron chi connectivity index (χ0n) is 11.9. The first kappa shape index (κ1) is 14.9. The number of rotatable bonds is 5. The maximum absolute atomic E-state index is 13.1. The molecule has 1 heterocycles. The molecule has 1 aromatic carbocycles. The van der Waals surface area contributed by atoms with Crippen LogP contribution in [0.4, 0.5) is 4.39 Å². The second-order valence-corrected chi connectivity index (χ2v) is 4.95. The highest BCUT2D eigenvalue weighted by Crippen LogP contribution is 2.25. The van der Waals surface area contributed by atoms with E-state index in [-0.39, 0.29) is 5.82 Å². The number of aromatic nitrogens is 2. The maximum atomic E-state index is 13.1. The third-order valence-electron chi connectivity index (χ3n) is 3.20. The molecular formula is C15H18ClFN2O. The summed E-state index contributed by atoms with van der Waals surface area (Å²) in [6, 6.07) is 4.47. The molecule has 0 saturated carbocycles. The predicted molar refractivity (Wildman–Crippen MR) is 77.8 cm³/mol. The fourth-order valence-corrected chi connectivity index (χ4v) is 2.40. The summed E-state index contributed by atoms with van der Waals surface area (Å²) < 4.78 is 20.6. The van der Waals surface area contributed by atoms with Crippen LogP contribution in [0.2, 0.25) is 5.02 Å². The molecule has 20 heavy (non-hydrogen) atoms. The highest BCUT2D eigenvalue weighted by Gasteiger charge is 2.15. The van der Waals surface area contributed by atoms with Crippen LogP contribution in [0.15, 0.2) is 18.2 Å². The Bertz CT molecular complexity index is 610. The van der Waals surface area contributed by atoms with Crippen LogP contribution in [0.3, 0.4) is 0 Å². The fraction of sp³-hybridized carbons (Fsp3) is 0.400. The molecule has 0 bridgehead atoms. The number of halogens is 2. The lowest BCUT2D eigenvalue weighted by atomic mass is 10.2. The van der Waals surface area contributed by atoms with Crippen molar-refractivity contribution in [1.82, 2.24) is 9.78 Å². The van der Waals surface area contributed by atoms with Crippen LogP contribution < -0.4 is 4.74 Å². The van der Waals surface area contributed by atoms with Crippen molar-refractivity contribution in [2.45, 2.75) is 40.3 Å². The van der Waals surface area contributed by atoms with Gasteiger partial charge in [0, 0.05) is 6.54 Å². The van der Waals surface area contributed by atoms with Crippen molar-refractivity contribution in [3.8, 4) is 5.75 Å². The van der Waals surface area contributed by atoms with E-state index < -0.39 is 0 Å². The summed E-state index contributed by atoms with van der Waals surface area (Å²) in [7, 11) is 0. The number of ether oxygens (including phenoxy) is 1. The highest BCUT2D eigenvalue weighted by molar-refractivity contribution is 6.31. The van der Waals surface area contributed by atoms with Crippen LogP contribution in [0, 0.1) is 12.7 Å². The molecule has 0 aliphatic carbocycles. The Morgan fingerprint density at radius 2 is 2.10 bits per heavy atom. The number of aryl methyl sites for hydroxylation is 3. The average Bonchev–Trinajstić information content (AvgIpc) is 2.74. The van der Waals surface area contributed by atoms with Crippen LogP contribution in [-0.4, -0.2) is 9.78 Å². The first-order valence-electron chi connectivity index (χ1n) is 6.69. The van der Waals surface area contributed by atoms with E-state index in [4.69, 9.17) is 16.3 Å². The van der Waals surface area contributed by atoms with Crippen LogP contribution in [-0.2, 0) is 19.6 Å². The maximum Gasteiger partial charge on any atom is 0.131 e. The standard InChI is InChI=1S/C15H18ClFN2O/c1-4-12-15(16)13(19(5-2)18-12)9-20-14-7-6-11(17)8-10(14)3/h6-8H,4-5,9H2,1-3H3. The summed E-state index contributed by atoms with van der Waals surface area (Å²) in [6.45, 7) is 6.90. The molecule has 0 spiro atoms. The Labute approximate surface area is 123 Å². The minimum atomic E-state index is -0.264. The van der Waals surface area contributed by atoms with E-state index in [1.165, 1.54) is 12.1 Å². The van der Waals surface area contributed by atoms with Gasteiger partial charge in [-0.25, -0.2) is 4.39 Å². The summed E-state index contributed by atoms with van der Waals surface area (Å²) in [5, 5.41) is 5.10. The van der Waals surface area contributed by atoms with Gasteiger partial charge >= 0.3 is 0 Å². The number of hydrogen-bond acceptors (Lipinski definition) is 2. The summed E-state index contributed by atoms with van der Waals surface area (Å²) in [5.41, 5.74) is 2.50. The topological polar surface area (TPSA) is 27.1 Å². The van der Waals surface area contributed by atoms with Crippen LogP contribution in [0.1, 0.15) is 30.8 Å². The Morgan fingerprint density at radius 3 is 2.70 bits per heavy atom. The molecule has 0 amide bonds. The van der Waals surface area contributed by atoms with Crippen molar-refractivity contribution in [2.75, 3.05) is 0 Å². The van der Waals surface area contributed by atoms with Crippen molar-refractivity contribution in [2.24, 2.45) is 0 Å². The summed E-state index contributed by atoms with van der Waals surface area (Å²) in [4.78, 5) is 0. The van der Waals surface area contributed by atoms with Crippen LogP contribution in [0.5, 0.6) is 5.75 Å². The molecule has 0 saturated heterocycles. The SMILES string of the molecule is CCc1nn(CC)c(COc2ccc(F)cc2C)c1Cl. The lowest BCUT2D eigenvalue weighted by molar-refractivity contribution is 0.290. The Hall–Kier alpha value is -1.55. The van der Waals surface area contributed by atoms with Crippen LogP contribution in [0.25, 0.3) is 0 Å². The van der Waals surface area contributed by atoms with Gasteiger partial charge < -0.3 is 4.74 Å². The van der Waals surface area contributed by atoms with E-state index in [1.54, 1.807) is 6.07 Å². The number of benzene rings is 1. The quantitative estimate of drug-likeness (QED) is 0.829. The zero-order valence-corrected chi connectivity index (χ0v) is 12.7. The van der Waals surface area contributed by atoms with Gasteiger partial charge in [0.2, 0.25) is 0 Å². The molecule has 108 valence electrons. The van der Waals surface area contributed by atoms with Gasteiger partial charge in [-0.15, -0.1) is 0 Å². The first-order chi connectivity index (χ1) is 9.56. The molecule has 1 aromatic heterocycles. The van der Waals surface area contributed by atoms with Crippen molar-refractivity contribution in [3.05, 3.63) is 46.0 Å². The second kappa shape index (κ2) is 6.27. The third kappa shape index (κ3) is 2.96. The molecule has 0 aliphatic rings. The fourth-order valence-electron chi connectivity index (χ4n) is 2.08. The van der Waals surface area contributed by atoms with E-state index in [9.17, 15) is 4.39 Å². The third-order valence-corrected chi connectivity index (χ3v) is 3.63. The molecule has 0 unspecified atom stereocenters. The zero-order chi connectivity index (χ0) is 14.7. The van der Waals surface area contributed by atoms with Gasteiger partial charge in [-0.05, 0) is 44.0 Å². The van der Waals surface area contributed by atoms with E-state index in [0.717, 1.165) is 29.9 Å². The van der Waals surface area contributed by atoms with E-state index in [0.29, 0.717) is 17.4 Å². The lowest BCUT2D eigenvalue weighted by Gasteiger charge is -2.10. The molecular weight excluding hydrogens is 279 g/mol. The number of nitrogens with zero attached hydrogens (tertiary/aromatic N) is 2. The van der Waals surface area contributed by atoms with Gasteiger partial charge in [-0.1, -0.05) is 18.5 Å². The minimum absolute atomic E-state index is 0.264. The molecule has 0 atom stereocenters. The minimum Gasteiger partial charge on any atom is -0.487 e. The molecule has 0 fully saturated rings. The summed E-state index contributed by atoms with van der Waals surface area (Å²) >= 11 is 6.32. The van der Waals surface area contributed by atoms with E-state index in [2.05, 4.69) is 5.10 Å². The average molecular weight is 297 g/mol. The highest BCUT2D eigenvalue weighted by atomic mass is 35.5. The number of hydrogen-bond donors (Lipinski definition) is 0. The summed E-state index contributed by atoms with van der Waals surface area (Å²) in [5.74, 6) is 0.393. The smallest absolute Gasteiger partial charge is 0.131 e. The normalized spacial score (nSPS) is 10.8. The monoisotopic (exact) mass is 296 g/mol. The van der Waals surface area contributed by atoms with Gasteiger partial charge in [0.1, 0.15) is 18.2 Å². The lowest BCUT2D eigenvalue weighted by Crippen LogP contribution is -2.07. The van der Waals surface area contributed by atoms with Gasteiger partial charge in [0.05, 0.1) is 16.4 Å². The molecule has 0 aliphatic heterocycles. The van der Waals surface area contributed by atoms with E-state index >= 15 is 0 Å². The molecule has 5 heteroatoms. The summed E-state index contributed by atoms with van der Waals surface area (Å²) in [6.07, 6.45) is 0.786. The molecule has 0 radical (unpaired) electrons. The van der Waals surface area contributed by atoms with Gasteiger partial charge in [-0.3, -0.25) is 4.68 Å². The van der Waals surface area contributed by atoms with Gasteiger partial charge in [0.25, 0.3) is 0 Å². The van der Waals surface area contributed by atoms with Crippen molar-refractivity contribution < 1.29 is 9.13 Å². The van der Waals surface area contributed by atoms with Crippen molar-refractivity contribution >= 4 is 11.6 Å². The Kier molecular flexibility index (Phi) is 4.65. The van der Waals surface area contributed by atoms with Crippen LogP contribution >= 0.6 is 11.6 Å². The molecule has 3 nitrogen and oxygen atoms in total. The van der Waals surface area contributed by atoms with Gasteiger partial charge in [0.15, 0.2) is 0 Å². The molecule has 2 rings (SSSR count). The van der Waals surface area contributed by atoms with Gasteiger partial charge in [-0.2, -0.15) is 5.10 Å². The van der Waals surface area contributed by atoms with E-state index in [1.807, 2.05) is 25.5 Å².